The molecule has 80 valence electrons. The third-order valence-corrected chi connectivity index (χ3v) is 2.99. The van der Waals surface area contributed by atoms with Crippen LogP contribution in [0.15, 0.2) is 0 Å². The third-order valence-electron chi connectivity index (χ3n) is 1.61. The van der Waals surface area contributed by atoms with Crippen molar-refractivity contribution in [3.63, 3.8) is 0 Å². The van der Waals surface area contributed by atoms with E-state index in [-0.39, 0.29) is 35.3 Å². The Hall–Kier alpha value is 1.22. The van der Waals surface area contributed by atoms with E-state index in [1.54, 1.807) is 11.8 Å². The quantitative estimate of drug-likeness (QED) is 0.361. The van der Waals surface area contributed by atoms with Crippen molar-refractivity contribution in [1.82, 2.24) is 4.90 Å². The van der Waals surface area contributed by atoms with Crippen LogP contribution in [0.2, 0.25) is 0 Å². The minimum absolute atomic E-state index is 0. The van der Waals surface area contributed by atoms with Gasteiger partial charge in [-0.3, -0.25) is 0 Å². The van der Waals surface area contributed by atoms with E-state index in [1.807, 2.05) is 18.2 Å². The Bertz CT molecular complexity index is 221. The summed E-state index contributed by atoms with van der Waals surface area (Å²) in [5.41, 5.74) is 0. The van der Waals surface area contributed by atoms with E-state index in [9.17, 15) is 13.0 Å². The molecule has 0 aliphatic carbocycles. The Morgan fingerprint density at radius 1 is 1.36 bits per heavy atom. The number of nitrogens with zero attached hydrogens (tertiary/aromatic N) is 1. The van der Waals surface area contributed by atoms with Gasteiger partial charge in [0.1, 0.15) is 0 Å². The molecule has 0 unspecified atom stereocenters. The summed E-state index contributed by atoms with van der Waals surface area (Å²) in [5, 5.41) is 0. The molecule has 0 aromatic rings. The summed E-state index contributed by atoms with van der Waals surface area (Å²) >= 11 is 1.75. The van der Waals surface area contributed by atoms with Crippen LogP contribution in [0.4, 0.5) is 0 Å². The summed E-state index contributed by atoms with van der Waals surface area (Å²) in [5.74, 6) is 0.775. The second-order valence-electron chi connectivity index (χ2n) is 2.91. The molecule has 0 aromatic heterocycles. The number of thioether (sulfide) groups is 1. The first-order valence-corrected chi connectivity index (χ1v) is 7.04. The zero-order chi connectivity index (χ0) is 10.3. The van der Waals surface area contributed by atoms with Crippen molar-refractivity contribution in [1.29, 1.82) is 0 Å². The molecular formula is C7H16NNaO3S2. The van der Waals surface area contributed by atoms with Crippen molar-refractivity contribution in [2.75, 3.05) is 37.9 Å². The molecule has 0 heterocycles. The van der Waals surface area contributed by atoms with Crippen LogP contribution in [0.1, 0.15) is 6.42 Å². The molecule has 7 heteroatoms. The van der Waals surface area contributed by atoms with Gasteiger partial charge in [-0.2, -0.15) is 11.8 Å². The van der Waals surface area contributed by atoms with Gasteiger partial charge < -0.3 is 9.45 Å². The molecule has 0 amide bonds. The minimum atomic E-state index is -4.02. The van der Waals surface area contributed by atoms with Crippen LogP contribution in [-0.2, 0) is 10.1 Å². The smallest absolute Gasteiger partial charge is 0.748 e. The van der Waals surface area contributed by atoms with Gasteiger partial charge >= 0.3 is 29.6 Å². The molecule has 0 aromatic carbocycles. The van der Waals surface area contributed by atoms with E-state index in [0.717, 1.165) is 12.3 Å². The number of hydrogen-bond acceptors (Lipinski definition) is 5. The maximum absolute atomic E-state index is 10.2. The van der Waals surface area contributed by atoms with Crippen LogP contribution in [0.25, 0.3) is 0 Å². The van der Waals surface area contributed by atoms with Crippen LogP contribution >= 0.6 is 11.8 Å². The molecule has 0 fully saturated rings. The van der Waals surface area contributed by atoms with Crippen molar-refractivity contribution in [3.05, 3.63) is 0 Å². The van der Waals surface area contributed by atoms with Crippen LogP contribution in [0.5, 0.6) is 0 Å². The van der Waals surface area contributed by atoms with Crippen molar-refractivity contribution < 1.29 is 42.5 Å². The fraction of sp³-hybridized carbons (Fsp3) is 1.00. The molecule has 0 saturated carbocycles. The van der Waals surface area contributed by atoms with E-state index in [2.05, 4.69) is 0 Å². The van der Waals surface area contributed by atoms with Gasteiger partial charge in [0.05, 0.1) is 10.1 Å². The predicted octanol–water partition coefficient (Wildman–Crippen LogP) is -2.78. The second kappa shape index (κ2) is 9.45. The predicted molar refractivity (Wildman–Crippen MR) is 55.1 cm³/mol. The zero-order valence-electron chi connectivity index (χ0n) is 9.02. The van der Waals surface area contributed by atoms with E-state index in [0.29, 0.717) is 13.0 Å². The average Bonchev–Trinajstić information content (AvgIpc) is 1.98. The van der Waals surface area contributed by atoms with Gasteiger partial charge in [-0.05, 0) is 26.3 Å². The monoisotopic (exact) mass is 249 g/mol. The average molecular weight is 249 g/mol. The molecule has 0 saturated heterocycles. The Balaban J connectivity index is 0. The Morgan fingerprint density at radius 2 is 1.93 bits per heavy atom. The fourth-order valence-electron chi connectivity index (χ4n) is 0.870. The molecule has 0 atom stereocenters. The topological polar surface area (TPSA) is 60.4 Å². The number of hydrogen-bond donors (Lipinski definition) is 0. The summed E-state index contributed by atoms with van der Waals surface area (Å²) in [7, 11) is -2.10. The molecule has 0 bridgehead atoms. The maximum atomic E-state index is 10.2. The van der Waals surface area contributed by atoms with E-state index >= 15 is 0 Å². The van der Waals surface area contributed by atoms with E-state index < -0.39 is 10.1 Å². The van der Waals surface area contributed by atoms with E-state index in [1.165, 1.54) is 0 Å². The maximum Gasteiger partial charge on any atom is 1.00 e. The Labute approximate surface area is 113 Å². The van der Waals surface area contributed by atoms with Crippen LogP contribution in [0.3, 0.4) is 0 Å². The summed E-state index contributed by atoms with van der Waals surface area (Å²) < 4.78 is 30.7. The fourth-order valence-corrected chi connectivity index (χ4v) is 1.85. The van der Waals surface area contributed by atoms with Gasteiger partial charge in [0.25, 0.3) is 0 Å². The molecule has 0 radical (unpaired) electrons. The largest absolute Gasteiger partial charge is 1.00 e. The van der Waals surface area contributed by atoms with Crippen molar-refractivity contribution in [3.8, 4) is 0 Å². The molecule has 0 rings (SSSR count). The summed E-state index contributed by atoms with van der Waals surface area (Å²) in [4.78, 5) is 2.03. The number of rotatable bonds is 7. The molecule has 0 aliphatic rings. The molecule has 14 heavy (non-hydrogen) atoms. The molecule has 0 spiro atoms. The normalized spacial score (nSPS) is 11.4. The second-order valence-corrected chi connectivity index (χ2v) is 5.42. The third kappa shape index (κ3) is 13.2. The van der Waals surface area contributed by atoms with Crippen molar-refractivity contribution in [2.45, 2.75) is 6.42 Å². The first-order valence-electron chi connectivity index (χ1n) is 4.07. The van der Waals surface area contributed by atoms with Gasteiger partial charge in [0.2, 0.25) is 0 Å². The van der Waals surface area contributed by atoms with Gasteiger partial charge in [0.15, 0.2) is 0 Å². The van der Waals surface area contributed by atoms with Crippen molar-refractivity contribution >= 4 is 21.9 Å². The van der Waals surface area contributed by atoms with Crippen LogP contribution in [-0.4, -0.2) is 55.8 Å². The molecule has 4 nitrogen and oxygen atoms in total. The summed E-state index contributed by atoms with van der Waals surface area (Å²) in [6.45, 7) is 1.60. The summed E-state index contributed by atoms with van der Waals surface area (Å²) in [6, 6.07) is 0. The molecule has 0 aliphatic heterocycles. The van der Waals surface area contributed by atoms with E-state index in [4.69, 9.17) is 0 Å². The Morgan fingerprint density at radius 3 is 2.36 bits per heavy atom. The zero-order valence-corrected chi connectivity index (χ0v) is 12.7. The van der Waals surface area contributed by atoms with Crippen LogP contribution in [0, 0.1) is 0 Å². The van der Waals surface area contributed by atoms with Crippen molar-refractivity contribution in [2.24, 2.45) is 0 Å². The first-order chi connectivity index (χ1) is 5.95. The first kappa shape index (κ1) is 17.6. The SMILES string of the molecule is CSCCN(C)CCCS(=O)(=O)[O-].[Na+]. The van der Waals surface area contributed by atoms with Gasteiger partial charge in [-0.1, -0.05) is 0 Å². The summed E-state index contributed by atoms with van der Waals surface area (Å²) in [6.07, 6.45) is 2.45. The molecular weight excluding hydrogens is 233 g/mol. The van der Waals surface area contributed by atoms with Gasteiger partial charge in [-0.15, -0.1) is 0 Å². The standard InChI is InChI=1S/C7H17NO3S2.Na/c1-8(5-6-12-2)4-3-7-13(9,10)11;/h3-7H2,1-2H3,(H,9,10,11);/q;+1/p-1. The van der Waals surface area contributed by atoms with Crippen LogP contribution < -0.4 is 29.6 Å². The Kier molecular flexibility index (Phi) is 11.9. The van der Waals surface area contributed by atoms with Gasteiger partial charge in [-0.25, -0.2) is 8.42 Å². The minimum Gasteiger partial charge on any atom is -0.748 e. The molecule has 0 N–H and O–H groups in total. The van der Waals surface area contributed by atoms with Gasteiger partial charge in [0, 0.05) is 18.1 Å².